The first-order chi connectivity index (χ1) is 10.9. The van der Waals surface area contributed by atoms with Gasteiger partial charge >= 0.3 is 0 Å². The minimum Gasteiger partial charge on any atom is -0.368 e. The normalized spacial score (nSPS) is 25.6. The number of carbonyl (C=O) groups is 3. The molecule has 130 valence electrons. The summed E-state index contributed by atoms with van der Waals surface area (Å²) in [7, 11) is 0. The molecule has 4 N–H and O–H groups in total. The highest BCUT2D eigenvalue weighted by molar-refractivity contribution is 7.99. The van der Waals surface area contributed by atoms with Crippen LogP contribution in [0.4, 0.5) is 0 Å². The number of hydrogen-bond acceptors (Lipinski definition) is 5. The number of likely N-dealkylation sites (tertiary alicyclic amines) is 1. The van der Waals surface area contributed by atoms with Crippen molar-refractivity contribution < 1.29 is 14.4 Å². The summed E-state index contributed by atoms with van der Waals surface area (Å²) in [5.74, 6) is 0.894. The van der Waals surface area contributed by atoms with Crippen molar-refractivity contribution in [1.29, 1.82) is 0 Å². The molecule has 0 aromatic carbocycles. The number of carbonyl (C=O) groups excluding carboxylic acids is 3. The van der Waals surface area contributed by atoms with E-state index in [0.29, 0.717) is 25.1 Å². The number of hydrogen-bond donors (Lipinski definition) is 3. The van der Waals surface area contributed by atoms with E-state index >= 15 is 0 Å². The van der Waals surface area contributed by atoms with E-state index in [1.165, 1.54) is 4.90 Å². The van der Waals surface area contributed by atoms with Crippen molar-refractivity contribution in [3.8, 4) is 0 Å². The van der Waals surface area contributed by atoms with Crippen molar-refractivity contribution in [3.63, 3.8) is 0 Å². The third-order valence-electron chi connectivity index (χ3n) is 4.22. The first-order valence-electron chi connectivity index (χ1n) is 8.11. The zero-order chi connectivity index (χ0) is 17.0. The minimum absolute atomic E-state index is 0.149. The van der Waals surface area contributed by atoms with E-state index in [1.54, 1.807) is 11.8 Å². The molecular weight excluding hydrogens is 316 g/mol. The average molecular weight is 342 g/mol. The molecule has 23 heavy (non-hydrogen) atoms. The Morgan fingerprint density at radius 3 is 2.70 bits per heavy atom. The molecule has 2 heterocycles. The Hall–Kier alpha value is -1.28. The maximum atomic E-state index is 12.8. The van der Waals surface area contributed by atoms with Crippen LogP contribution in [0.15, 0.2) is 0 Å². The van der Waals surface area contributed by atoms with Crippen LogP contribution in [-0.2, 0) is 14.4 Å². The molecule has 0 aromatic heterocycles. The highest BCUT2D eigenvalue weighted by atomic mass is 32.2. The fourth-order valence-electron chi connectivity index (χ4n) is 3.06. The van der Waals surface area contributed by atoms with Crippen LogP contribution in [0.25, 0.3) is 0 Å². The van der Waals surface area contributed by atoms with Crippen LogP contribution in [0.1, 0.15) is 33.1 Å². The van der Waals surface area contributed by atoms with Crippen LogP contribution in [0, 0.1) is 5.92 Å². The van der Waals surface area contributed by atoms with E-state index in [0.717, 1.165) is 12.3 Å². The summed E-state index contributed by atoms with van der Waals surface area (Å²) in [6.07, 6.45) is 1.92. The summed E-state index contributed by atoms with van der Waals surface area (Å²) < 4.78 is 0. The van der Waals surface area contributed by atoms with Crippen LogP contribution in [-0.4, -0.2) is 58.9 Å². The smallest absolute Gasteiger partial charge is 0.245 e. The quantitative estimate of drug-likeness (QED) is 0.612. The van der Waals surface area contributed by atoms with E-state index in [2.05, 4.69) is 10.6 Å². The average Bonchev–Trinajstić information content (AvgIpc) is 3.16. The molecule has 2 fully saturated rings. The number of nitrogens with two attached hydrogens (primary N) is 1. The molecule has 2 rings (SSSR count). The second-order valence-corrected chi connectivity index (χ2v) is 7.58. The van der Waals surface area contributed by atoms with E-state index < -0.39 is 18.0 Å². The van der Waals surface area contributed by atoms with Gasteiger partial charge in [-0.3, -0.25) is 19.7 Å². The molecule has 0 saturated carbocycles. The molecule has 7 nitrogen and oxygen atoms in total. The van der Waals surface area contributed by atoms with Crippen molar-refractivity contribution in [1.82, 2.24) is 15.5 Å². The lowest BCUT2D eigenvalue weighted by Crippen LogP contribution is -2.55. The Labute approximate surface area is 141 Å². The largest absolute Gasteiger partial charge is 0.368 e. The lowest BCUT2D eigenvalue weighted by Gasteiger charge is -2.29. The zero-order valence-electron chi connectivity index (χ0n) is 13.7. The van der Waals surface area contributed by atoms with Crippen molar-refractivity contribution in [3.05, 3.63) is 0 Å². The maximum absolute atomic E-state index is 12.8. The van der Waals surface area contributed by atoms with Gasteiger partial charge in [0.1, 0.15) is 12.1 Å². The van der Waals surface area contributed by atoms with Crippen molar-refractivity contribution in [2.45, 2.75) is 51.2 Å². The Balaban J connectivity index is 2.05. The lowest BCUT2D eigenvalue weighted by molar-refractivity contribution is -0.141. The predicted molar refractivity (Wildman–Crippen MR) is 89.6 cm³/mol. The summed E-state index contributed by atoms with van der Waals surface area (Å²) in [6.45, 7) is 4.53. The molecule has 3 amide bonds. The van der Waals surface area contributed by atoms with Crippen LogP contribution < -0.4 is 16.4 Å². The number of nitrogens with zero attached hydrogens (tertiary/aromatic N) is 1. The molecule has 0 aromatic rings. The van der Waals surface area contributed by atoms with Gasteiger partial charge < -0.3 is 16.0 Å². The molecular formula is C15H26N4O3S. The van der Waals surface area contributed by atoms with E-state index in [4.69, 9.17) is 5.73 Å². The lowest BCUT2D eigenvalue weighted by atomic mass is 10.0. The highest BCUT2D eigenvalue weighted by Crippen LogP contribution is 2.20. The SMILES string of the molecule is CC(C)CC(NC(=O)C1CSCN1)C(=O)N1CCCC1C(N)=O. The molecule has 0 spiro atoms. The van der Waals surface area contributed by atoms with Crippen LogP contribution in [0.2, 0.25) is 0 Å². The molecule has 2 aliphatic heterocycles. The summed E-state index contributed by atoms with van der Waals surface area (Å²) in [6, 6.07) is -1.41. The minimum atomic E-state index is -0.602. The third-order valence-corrected chi connectivity index (χ3v) is 5.16. The van der Waals surface area contributed by atoms with Gasteiger partial charge in [-0.2, -0.15) is 0 Å². The monoisotopic (exact) mass is 342 g/mol. The molecule has 8 heteroatoms. The van der Waals surface area contributed by atoms with E-state index in [9.17, 15) is 14.4 Å². The van der Waals surface area contributed by atoms with E-state index in [1.807, 2.05) is 13.8 Å². The van der Waals surface area contributed by atoms with Gasteiger partial charge in [-0.25, -0.2) is 0 Å². The number of nitrogens with one attached hydrogen (secondary N) is 2. The van der Waals surface area contributed by atoms with Gasteiger partial charge in [0.25, 0.3) is 0 Å². The summed E-state index contributed by atoms with van der Waals surface area (Å²) in [5, 5.41) is 5.97. The van der Waals surface area contributed by atoms with Gasteiger partial charge in [-0.05, 0) is 25.2 Å². The zero-order valence-corrected chi connectivity index (χ0v) is 14.5. The van der Waals surface area contributed by atoms with Crippen LogP contribution >= 0.6 is 11.8 Å². The Morgan fingerprint density at radius 1 is 1.39 bits per heavy atom. The van der Waals surface area contributed by atoms with Gasteiger partial charge in [0.2, 0.25) is 17.7 Å². The molecule has 0 bridgehead atoms. The summed E-state index contributed by atoms with van der Waals surface area (Å²) in [5.41, 5.74) is 5.40. The topological polar surface area (TPSA) is 105 Å². The van der Waals surface area contributed by atoms with Gasteiger partial charge in [-0.15, -0.1) is 11.8 Å². The molecule has 3 atom stereocenters. The highest BCUT2D eigenvalue weighted by Gasteiger charge is 2.37. The van der Waals surface area contributed by atoms with E-state index in [-0.39, 0.29) is 23.8 Å². The second kappa shape index (κ2) is 8.01. The second-order valence-electron chi connectivity index (χ2n) is 6.55. The summed E-state index contributed by atoms with van der Waals surface area (Å²) >= 11 is 1.66. The molecule has 2 aliphatic rings. The van der Waals surface area contributed by atoms with Crippen LogP contribution in [0.5, 0.6) is 0 Å². The van der Waals surface area contributed by atoms with Gasteiger partial charge in [0, 0.05) is 18.2 Å². The number of amides is 3. The first kappa shape index (κ1) is 18.1. The number of thioether (sulfide) groups is 1. The van der Waals surface area contributed by atoms with Crippen molar-refractivity contribution in [2.24, 2.45) is 11.7 Å². The molecule has 0 radical (unpaired) electrons. The Kier molecular flexibility index (Phi) is 6.29. The van der Waals surface area contributed by atoms with Gasteiger partial charge in [0.15, 0.2) is 0 Å². The fraction of sp³-hybridized carbons (Fsp3) is 0.800. The molecule has 3 unspecified atom stereocenters. The van der Waals surface area contributed by atoms with Crippen molar-refractivity contribution in [2.75, 3.05) is 18.2 Å². The molecule has 2 saturated heterocycles. The number of rotatable bonds is 6. The third kappa shape index (κ3) is 4.60. The molecule has 0 aliphatic carbocycles. The van der Waals surface area contributed by atoms with Gasteiger partial charge in [-0.1, -0.05) is 13.8 Å². The first-order valence-corrected chi connectivity index (χ1v) is 9.27. The number of primary amides is 1. The Bertz CT molecular complexity index is 466. The van der Waals surface area contributed by atoms with Gasteiger partial charge in [0.05, 0.1) is 6.04 Å². The fourth-order valence-corrected chi connectivity index (χ4v) is 4.00. The standard InChI is InChI=1S/C15H26N4O3S/c1-9(2)6-10(18-14(21)11-7-23-8-17-11)15(22)19-5-3-4-12(19)13(16)20/h9-12,17H,3-8H2,1-2H3,(H2,16,20)(H,18,21). The van der Waals surface area contributed by atoms with Crippen LogP contribution in [0.3, 0.4) is 0 Å². The summed E-state index contributed by atoms with van der Waals surface area (Å²) in [4.78, 5) is 38.2. The predicted octanol–water partition coefficient (Wildman–Crippen LogP) is -0.344. The van der Waals surface area contributed by atoms with Crippen molar-refractivity contribution >= 4 is 29.5 Å². The Morgan fingerprint density at radius 2 is 2.13 bits per heavy atom. The maximum Gasteiger partial charge on any atom is 0.245 e.